The summed E-state index contributed by atoms with van der Waals surface area (Å²) in [5.74, 6) is 0. The molecule has 0 aromatic heterocycles. The van der Waals surface area contributed by atoms with Crippen LogP contribution in [0, 0.1) is 0 Å². The molecule has 1 aliphatic heterocycles. The monoisotopic (exact) mass is 910 g/mol. The van der Waals surface area contributed by atoms with E-state index in [1.165, 1.54) is 82.1 Å². The fourth-order valence-corrected chi connectivity index (χ4v) is 13.5. The van der Waals surface area contributed by atoms with Gasteiger partial charge in [0.05, 0.1) is 28.8 Å². The molecule has 0 N–H and O–H groups in total. The van der Waals surface area contributed by atoms with Crippen molar-refractivity contribution in [2.24, 2.45) is 9.98 Å². The van der Waals surface area contributed by atoms with Gasteiger partial charge in [0.1, 0.15) is 0 Å². The number of allylic oxidation sites excluding steroid dienone is 6. The van der Waals surface area contributed by atoms with Crippen molar-refractivity contribution in [1.82, 2.24) is 0 Å². The average Bonchev–Trinajstić information content (AvgIpc) is 3.87. The number of aliphatic imine (C=N–C) groups is 2. The lowest BCUT2D eigenvalue weighted by Crippen LogP contribution is -2.44. The first kappa shape index (κ1) is 41.8. The lowest BCUT2D eigenvalue weighted by atomic mass is 9.53. The van der Waals surface area contributed by atoms with E-state index in [4.69, 9.17) is 4.99 Å². The van der Waals surface area contributed by atoms with Gasteiger partial charge in [0.15, 0.2) is 0 Å². The second-order valence-electron chi connectivity index (χ2n) is 18.4. The molecule has 330 valence electrons. The van der Waals surface area contributed by atoms with Crippen LogP contribution >= 0.6 is 11.8 Å². The molecule has 2 nitrogen and oxygen atoms in total. The summed E-state index contributed by atoms with van der Waals surface area (Å²) in [5.41, 5.74) is 22.1. The van der Waals surface area contributed by atoms with Crippen LogP contribution in [-0.4, -0.2) is 12.4 Å². The van der Waals surface area contributed by atoms with Crippen LogP contribution < -0.4 is 0 Å². The predicted molar refractivity (Wildman–Crippen MR) is 294 cm³/mol. The van der Waals surface area contributed by atoms with Crippen molar-refractivity contribution >= 4 is 41.0 Å². The normalized spacial score (nSPS) is 16.0. The second kappa shape index (κ2) is 16.7. The van der Waals surface area contributed by atoms with E-state index in [0.717, 1.165) is 39.2 Å². The third kappa shape index (κ3) is 6.15. The van der Waals surface area contributed by atoms with Crippen molar-refractivity contribution in [2.45, 2.75) is 22.3 Å². The van der Waals surface area contributed by atoms with Crippen LogP contribution in [0.2, 0.25) is 0 Å². The van der Waals surface area contributed by atoms with E-state index in [0.29, 0.717) is 6.54 Å². The van der Waals surface area contributed by atoms with Crippen LogP contribution in [0.15, 0.2) is 269 Å². The first-order valence-electron chi connectivity index (χ1n) is 24.0. The fourth-order valence-electron chi connectivity index (χ4n) is 12.0. The Bertz CT molecular complexity index is 3640. The lowest BCUT2D eigenvalue weighted by molar-refractivity contribution is 0.633. The van der Waals surface area contributed by atoms with Crippen LogP contribution in [0.3, 0.4) is 0 Å². The maximum absolute atomic E-state index is 5.64. The van der Waals surface area contributed by atoms with Crippen molar-refractivity contribution in [3.8, 4) is 22.3 Å². The Morgan fingerprint density at radius 2 is 0.971 bits per heavy atom. The highest BCUT2D eigenvalue weighted by atomic mass is 32.2. The summed E-state index contributed by atoms with van der Waals surface area (Å²) < 4.78 is 0. The van der Waals surface area contributed by atoms with Gasteiger partial charge in [-0.05, 0) is 113 Å². The first-order valence-corrected chi connectivity index (χ1v) is 24.8. The Hall–Kier alpha value is -8.37. The molecule has 13 rings (SSSR count). The van der Waals surface area contributed by atoms with Crippen molar-refractivity contribution in [2.75, 3.05) is 0 Å². The summed E-state index contributed by atoms with van der Waals surface area (Å²) >= 11 is 1.90. The molecule has 9 aromatic carbocycles. The summed E-state index contributed by atoms with van der Waals surface area (Å²) in [6, 6.07) is 82.0. The smallest absolute Gasteiger partial charge is 0.0786 e. The summed E-state index contributed by atoms with van der Waals surface area (Å²) in [4.78, 5) is 12.8. The van der Waals surface area contributed by atoms with Crippen molar-refractivity contribution in [3.63, 3.8) is 0 Å². The zero-order chi connectivity index (χ0) is 46.8. The molecule has 0 bridgehead atoms. The van der Waals surface area contributed by atoms with Gasteiger partial charge in [0, 0.05) is 15.4 Å². The van der Waals surface area contributed by atoms with Crippen LogP contribution in [-0.2, 0) is 17.4 Å². The molecule has 0 saturated heterocycles. The van der Waals surface area contributed by atoms with Gasteiger partial charge < -0.3 is 0 Å². The Kier molecular flexibility index (Phi) is 9.97. The molecule has 0 atom stereocenters. The number of thioether (sulfide) groups is 1. The summed E-state index contributed by atoms with van der Waals surface area (Å²) in [7, 11) is 0. The van der Waals surface area contributed by atoms with Crippen LogP contribution in [0.4, 0.5) is 0 Å². The molecule has 2 spiro atoms. The van der Waals surface area contributed by atoms with Crippen LogP contribution in [0.25, 0.3) is 39.1 Å². The topological polar surface area (TPSA) is 24.7 Å². The molecule has 0 radical (unpaired) electrons. The number of rotatable bonds is 7. The second-order valence-corrected chi connectivity index (χ2v) is 19.5. The zero-order valence-electron chi connectivity index (χ0n) is 38.5. The SMILES string of the molecule is C=N/C(=C\C(=NCc1cccc2c1C1(C3=C2/C=C\C(=C)c2ccccc2S3)c2ccccc2C2(c3ccccc3-c3ccccc32)c2ccccc21)c1ccccc1)c1ccc(-c2ccccc2)cc1. The van der Waals surface area contributed by atoms with Crippen molar-refractivity contribution in [3.05, 3.63) is 321 Å². The quantitative estimate of drug-likeness (QED) is 0.146. The van der Waals surface area contributed by atoms with Gasteiger partial charge in [-0.15, -0.1) is 0 Å². The highest BCUT2D eigenvalue weighted by Gasteiger charge is 2.60. The molecule has 0 saturated carbocycles. The molecule has 3 heteroatoms. The highest BCUT2D eigenvalue weighted by molar-refractivity contribution is 8.03. The minimum Gasteiger partial charge on any atom is -0.280 e. The predicted octanol–water partition coefficient (Wildman–Crippen LogP) is 16.2. The highest BCUT2D eigenvalue weighted by Crippen LogP contribution is 2.69. The minimum absolute atomic E-state index is 0.433. The number of nitrogens with zero attached hydrogens (tertiary/aromatic N) is 2. The van der Waals surface area contributed by atoms with E-state index >= 15 is 0 Å². The van der Waals surface area contributed by atoms with Crippen LogP contribution in [0.1, 0.15) is 66.8 Å². The van der Waals surface area contributed by atoms with Gasteiger partial charge in [0.2, 0.25) is 0 Å². The Labute approximate surface area is 414 Å². The van der Waals surface area contributed by atoms with Gasteiger partial charge in [0.25, 0.3) is 0 Å². The Morgan fingerprint density at radius 1 is 0.457 bits per heavy atom. The maximum atomic E-state index is 5.64. The van der Waals surface area contributed by atoms with Crippen LogP contribution in [0.5, 0.6) is 0 Å². The van der Waals surface area contributed by atoms with Gasteiger partial charge >= 0.3 is 0 Å². The Balaban J connectivity index is 1.06. The van der Waals surface area contributed by atoms with Gasteiger partial charge in [-0.1, -0.05) is 249 Å². The molecule has 70 heavy (non-hydrogen) atoms. The first-order chi connectivity index (χ1) is 34.6. The minimum atomic E-state index is -0.709. The molecule has 3 aliphatic carbocycles. The van der Waals surface area contributed by atoms with Crippen molar-refractivity contribution < 1.29 is 0 Å². The molecule has 1 heterocycles. The Morgan fingerprint density at radius 3 is 1.60 bits per heavy atom. The third-order valence-corrected chi connectivity index (χ3v) is 16.2. The van der Waals surface area contributed by atoms with E-state index in [-0.39, 0.29) is 0 Å². The van der Waals surface area contributed by atoms with E-state index in [2.05, 4.69) is 255 Å². The largest absolute Gasteiger partial charge is 0.280 e. The number of benzene rings is 9. The van der Waals surface area contributed by atoms with Gasteiger partial charge in [-0.25, -0.2) is 0 Å². The number of fused-ring (bicyclic) bond motifs is 16. The summed E-state index contributed by atoms with van der Waals surface area (Å²) in [6.45, 7) is 9.11. The third-order valence-electron chi connectivity index (χ3n) is 14.9. The number of hydrogen-bond donors (Lipinski definition) is 0. The average molecular weight is 911 g/mol. The molecular weight excluding hydrogens is 865 g/mol. The number of hydrogen-bond acceptors (Lipinski definition) is 3. The van der Waals surface area contributed by atoms with Gasteiger partial charge in [-0.2, -0.15) is 0 Å². The molecule has 0 fully saturated rings. The molecular formula is C67H46N2S. The van der Waals surface area contributed by atoms with Gasteiger partial charge in [-0.3, -0.25) is 9.98 Å². The molecule has 9 aromatic rings. The maximum Gasteiger partial charge on any atom is 0.0786 e. The molecule has 4 aliphatic rings. The molecule has 0 amide bonds. The fraction of sp³-hybridized carbons (Fsp3) is 0.0448. The van der Waals surface area contributed by atoms with E-state index in [9.17, 15) is 0 Å². The summed E-state index contributed by atoms with van der Waals surface area (Å²) in [6.07, 6.45) is 6.66. The standard InChI is InChI=1S/C67H46N2S/c1-44-36-41-54-53-28-19-24-49(43-69-62(47-22-7-4-8-23-47)42-61(68-2)48-39-37-46(38-40-48)45-20-5-3-6-21-45)64(53)67(65(54)70-63-35-18-11-25-50(44)63)59-33-16-14-31-57(59)66(58-32-15-17-34-60(58)67)55-29-12-9-26-51(55)52-27-10-13-30-56(52)66/h3-42H,1-2,43H2/b41-36-,61-42-,69-62?. The van der Waals surface area contributed by atoms with E-state index in [1.807, 2.05) is 17.8 Å². The van der Waals surface area contributed by atoms with E-state index in [1.54, 1.807) is 0 Å². The van der Waals surface area contributed by atoms with Crippen molar-refractivity contribution in [1.29, 1.82) is 0 Å². The lowest BCUT2D eigenvalue weighted by Gasteiger charge is -2.49. The molecule has 0 unspecified atom stereocenters. The summed E-state index contributed by atoms with van der Waals surface area (Å²) in [5, 5.41) is 0. The zero-order valence-corrected chi connectivity index (χ0v) is 39.3. The van der Waals surface area contributed by atoms with E-state index < -0.39 is 10.8 Å².